The molecule has 7 aliphatic rings. The summed E-state index contributed by atoms with van der Waals surface area (Å²) in [5.41, 5.74) is 20.0. The van der Waals surface area contributed by atoms with E-state index in [1.807, 2.05) is 0 Å². The number of aromatic nitrogens is 4. The van der Waals surface area contributed by atoms with E-state index in [1.54, 1.807) is 0 Å². The summed E-state index contributed by atoms with van der Waals surface area (Å²) in [5, 5.41) is 5.38. The number of para-hydroxylation sites is 3. The number of hydrogen-bond donors (Lipinski definition) is 0. The molecular formula is C56H47N5+2. The van der Waals surface area contributed by atoms with E-state index in [0.29, 0.717) is 11.8 Å². The quantitative estimate of drug-likeness (QED) is 0.160. The van der Waals surface area contributed by atoms with Crippen LogP contribution in [0.25, 0.3) is 66.5 Å². The molecule has 1 spiro atoms. The summed E-state index contributed by atoms with van der Waals surface area (Å²) in [6.07, 6.45) is 13.1. The average Bonchev–Trinajstić information content (AvgIpc) is 3.94. The van der Waals surface area contributed by atoms with E-state index >= 15 is 0 Å². The van der Waals surface area contributed by atoms with E-state index in [4.69, 9.17) is 0 Å². The Morgan fingerprint density at radius 1 is 0.492 bits per heavy atom. The number of pyridine rings is 2. The molecule has 2 saturated carbocycles. The SMILES string of the molecule is CC1(C)c2ccccc2N2c3c1cc1c4ccccc4n4c1c3C13c5c-4ccc4c6ccccc6n(c54)-c4cc(C5CCCCC5)cc([n+]41)-c1cc(C4CCCCC4)cc2[n+]13. The van der Waals surface area contributed by atoms with Crippen molar-refractivity contribution in [3.63, 3.8) is 0 Å². The van der Waals surface area contributed by atoms with Gasteiger partial charge in [0, 0.05) is 50.2 Å². The third kappa shape index (κ3) is 3.48. The molecule has 0 N–H and O–H groups in total. The lowest BCUT2D eigenvalue weighted by molar-refractivity contribution is -0.931. The third-order valence-corrected chi connectivity index (χ3v) is 17.1. The Morgan fingerprint density at radius 2 is 1.08 bits per heavy atom. The van der Waals surface area contributed by atoms with Gasteiger partial charge in [0.25, 0.3) is 11.6 Å². The molecular weight excluding hydrogens is 743 g/mol. The fourth-order valence-corrected chi connectivity index (χ4v) is 14.5. The van der Waals surface area contributed by atoms with Gasteiger partial charge in [-0.05, 0) is 103 Å². The summed E-state index contributed by atoms with van der Waals surface area (Å²) < 4.78 is 11.1. The summed E-state index contributed by atoms with van der Waals surface area (Å²) in [4.78, 5) is 2.75. The van der Waals surface area contributed by atoms with Crippen molar-refractivity contribution in [2.24, 2.45) is 0 Å². The molecule has 1 atom stereocenters. The predicted molar refractivity (Wildman–Crippen MR) is 245 cm³/mol. The molecule has 9 heterocycles. The summed E-state index contributed by atoms with van der Waals surface area (Å²) in [6.45, 7) is 4.98. The van der Waals surface area contributed by atoms with Crippen LogP contribution in [0.5, 0.6) is 0 Å². The van der Waals surface area contributed by atoms with Gasteiger partial charge in [0.15, 0.2) is 22.6 Å². The second kappa shape index (κ2) is 10.6. The van der Waals surface area contributed by atoms with E-state index in [1.165, 1.54) is 181 Å². The van der Waals surface area contributed by atoms with Gasteiger partial charge in [-0.3, -0.25) is 0 Å². The van der Waals surface area contributed by atoms with Gasteiger partial charge in [-0.1, -0.05) is 101 Å². The minimum atomic E-state index is -0.641. The van der Waals surface area contributed by atoms with Gasteiger partial charge in [-0.2, -0.15) is 18.6 Å². The van der Waals surface area contributed by atoms with Gasteiger partial charge in [0.05, 0.1) is 16.7 Å². The molecule has 9 aromatic rings. The highest BCUT2D eigenvalue weighted by Crippen LogP contribution is 2.64. The van der Waals surface area contributed by atoms with E-state index in [9.17, 15) is 0 Å². The number of nitrogens with zero attached hydrogens (tertiary/aromatic N) is 5. The van der Waals surface area contributed by atoms with Crippen LogP contribution in [0, 0.1) is 0 Å². The fourth-order valence-electron chi connectivity index (χ4n) is 14.5. The van der Waals surface area contributed by atoms with Gasteiger partial charge >= 0.3 is 5.66 Å². The molecule has 0 bridgehead atoms. The van der Waals surface area contributed by atoms with Crippen LogP contribution >= 0.6 is 0 Å². The van der Waals surface area contributed by atoms with Crippen molar-refractivity contribution in [1.82, 2.24) is 9.13 Å². The number of anilines is 3. The molecule has 2 fully saturated rings. The zero-order chi connectivity index (χ0) is 39.7. The van der Waals surface area contributed by atoms with Gasteiger partial charge in [0.2, 0.25) is 0 Å². The first-order valence-corrected chi connectivity index (χ1v) is 23.3. The maximum Gasteiger partial charge on any atom is 0.319 e. The molecule has 16 rings (SSSR count). The largest absolute Gasteiger partial charge is 0.319 e. The Kier molecular flexibility index (Phi) is 5.67. The van der Waals surface area contributed by atoms with Crippen LogP contribution in [0.4, 0.5) is 17.2 Å². The number of rotatable bonds is 2. The number of benzene rings is 5. The molecule has 5 heteroatoms. The maximum atomic E-state index is 2.88. The maximum absolute atomic E-state index is 2.88. The Labute approximate surface area is 355 Å². The van der Waals surface area contributed by atoms with Crippen LogP contribution in [0.15, 0.2) is 115 Å². The van der Waals surface area contributed by atoms with E-state index in [-0.39, 0.29) is 5.41 Å². The molecule has 2 aliphatic carbocycles. The first kappa shape index (κ1) is 32.6. The molecule has 61 heavy (non-hydrogen) atoms. The third-order valence-electron chi connectivity index (χ3n) is 17.1. The normalized spacial score (nSPS) is 21.0. The lowest BCUT2D eigenvalue weighted by Gasteiger charge is -2.46. The Hall–Kier alpha value is -6.20. The van der Waals surface area contributed by atoms with Crippen molar-refractivity contribution in [2.75, 3.05) is 4.90 Å². The van der Waals surface area contributed by atoms with Crippen LogP contribution in [0.2, 0.25) is 0 Å². The molecule has 5 aromatic carbocycles. The van der Waals surface area contributed by atoms with Gasteiger partial charge in [0.1, 0.15) is 22.3 Å². The van der Waals surface area contributed by atoms with Crippen LogP contribution in [-0.2, 0) is 11.1 Å². The lowest BCUT2D eigenvalue weighted by Crippen LogP contribution is -2.76. The molecule has 0 amide bonds. The predicted octanol–water partition coefficient (Wildman–Crippen LogP) is 12.9. The van der Waals surface area contributed by atoms with Crippen LogP contribution in [0.3, 0.4) is 0 Å². The van der Waals surface area contributed by atoms with Crippen LogP contribution < -0.4 is 14.0 Å². The highest BCUT2D eigenvalue weighted by atomic mass is 15.5. The summed E-state index contributed by atoms with van der Waals surface area (Å²) in [7, 11) is 0. The molecule has 0 saturated heterocycles. The summed E-state index contributed by atoms with van der Waals surface area (Å²) >= 11 is 0. The van der Waals surface area contributed by atoms with E-state index in [2.05, 4.69) is 152 Å². The van der Waals surface area contributed by atoms with Crippen molar-refractivity contribution >= 4 is 60.8 Å². The van der Waals surface area contributed by atoms with Crippen molar-refractivity contribution in [3.8, 4) is 22.9 Å². The van der Waals surface area contributed by atoms with Crippen LogP contribution in [0.1, 0.15) is 123 Å². The molecule has 5 aliphatic heterocycles. The van der Waals surface area contributed by atoms with Crippen molar-refractivity contribution in [2.45, 2.75) is 101 Å². The van der Waals surface area contributed by atoms with E-state index in [0.717, 1.165) is 0 Å². The van der Waals surface area contributed by atoms with Crippen molar-refractivity contribution in [1.29, 1.82) is 0 Å². The molecule has 5 nitrogen and oxygen atoms in total. The average molecular weight is 790 g/mol. The van der Waals surface area contributed by atoms with Crippen LogP contribution in [-0.4, -0.2) is 9.13 Å². The smallest absolute Gasteiger partial charge is 0.308 e. The standard InChI is InChI=1S/C56H47N5/c1-55(2)40-21-11-14-24-44(40)59-49-30-35(33-17-7-4-8-18-33)28-47-46-27-34(32-15-5-3-6-16-32)29-48-58-43-23-13-9-19-36(43)38-25-26-45-50(52(38)58)56(60(46)48,61(47)49)51-53-39(31-41(55)54(51)59)37-20-10-12-22-42(37)57(45)53/h9-14,19-33H,3-8,15-18H2,1-2H3/q+2. The first-order valence-electron chi connectivity index (χ1n) is 23.3. The number of hydrogen-bond acceptors (Lipinski definition) is 1. The molecule has 294 valence electrons. The van der Waals surface area contributed by atoms with Crippen molar-refractivity contribution in [3.05, 3.63) is 149 Å². The zero-order valence-corrected chi connectivity index (χ0v) is 34.9. The highest BCUT2D eigenvalue weighted by molar-refractivity contribution is 6.17. The Morgan fingerprint density at radius 3 is 1.80 bits per heavy atom. The van der Waals surface area contributed by atoms with Gasteiger partial charge in [-0.15, -0.1) is 0 Å². The number of fused-ring (bicyclic) bond motifs is 12. The van der Waals surface area contributed by atoms with Crippen molar-refractivity contribution < 1.29 is 9.13 Å². The summed E-state index contributed by atoms with van der Waals surface area (Å²) in [6, 6.07) is 46.1. The zero-order valence-electron chi connectivity index (χ0n) is 34.9. The first-order chi connectivity index (χ1) is 30.0. The Balaban J connectivity index is 1.20. The minimum Gasteiger partial charge on any atom is -0.308 e. The highest BCUT2D eigenvalue weighted by Gasteiger charge is 2.71. The minimum absolute atomic E-state index is 0.228. The van der Waals surface area contributed by atoms with Gasteiger partial charge in [-0.25, -0.2) is 0 Å². The Bertz CT molecular complexity index is 3550. The summed E-state index contributed by atoms with van der Waals surface area (Å²) in [5.74, 6) is 3.78. The molecule has 1 unspecified atom stereocenters. The second-order valence-corrected chi connectivity index (χ2v) is 20.2. The second-order valence-electron chi connectivity index (χ2n) is 20.2. The molecule has 4 aromatic heterocycles. The molecule has 0 radical (unpaired) electrons. The lowest BCUT2D eigenvalue weighted by atomic mass is 9.69. The van der Waals surface area contributed by atoms with E-state index < -0.39 is 5.66 Å². The van der Waals surface area contributed by atoms with Gasteiger partial charge < -0.3 is 4.57 Å². The monoisotopic (exact) mass is 789 g/mol. The fraction of sp³-hybridized carbons (Fsp3) is 0.286. The topological polar surface area (TPSA) is 20.9 Å².